The predicted octanol–water partition coefficient (Wildman–Crippen LogP) is 1.47. The fourth-order valence-electron chi connectivity index (χ4n) is 1.32. The van der Waals surface area contributed by atoms with Crippen LogP contribution in [0.5, 0.6) is 5.75 Å². The van der Waals surface area contributed by atoms with E-state index >= 15 is 0 Å². The third kappa shape index (κ3) is 7.32. The Kier molecular flexibility index (Phi) is 11.4. The minimum absolute atomic E-state index is 0. The molecule has 108 valence electrons. The van der Waals surface area contributed by atoms with E-state index in [1.165, 1.54) is 36.4 Å². The Morgan fingerprint density at radius 1 is 0.773 bits per heavy atom. The molecule has 2 aromatic rings. The van der Waals surface area contributed by atoms with Crippen molar-refractivity contribution in [3.63, 3.8) is 0 Å². The SMILES string of the molecule is O.O=S(=O)(O)c1ccc(N=Nc2ccc(O)cc2)cc1.[Na].[Na]. The number of hydrogen-bond acceptors (Lipinski definition) is 5. The molecule has 7 nitrogen and oxygen atoms in total. The van der Waals surface area contributed by atoms with Crippen LogP contribution in [0.2, 0.25) is 0 Å². The van der Waals surface area contributed by atoms with Gasteiger partial charge >= 0.3 is 0 Å². The number of benzene rings is 2. The zero-order valence-electron chi connectivity index (χ0n) is 12.1. The maximum absolute atomic E-state index is 10.8. The fourth-order valence-corrected chi connectivity index (χ4v) is 1.80. The molecule has 0 aliphatic carbocycles. The smallest absolute Gasteiger partial charge is 0.294 e. The largest absolute Gasteiger partial charge is 0.508 e. The average Bonchev–Trinajstić information content (AvgIpc) is 2.37. The number of azo groups is 1. The van der Waals surface area contributed by atoms with Gasteiger partial charge in [-0.15, -0.1) is 0 Å². The molecule has 0 aromatic heterocycles. The van der Waals surface area contributed by atoms with Crippen LogP contribution in [0.3, 0.4) is 0 Å². The van der Waals surface area contributed by atoms with E-state index < -0.39 is 10.1 Å². The van der Waals surface area contributed by atoms with Gasteiger partial charge in [-0.1, -0.05) is 0 Å². The van der Waals surface area contributed by atoms with Gasteiger partial charge in [0.15, 0.2) is 0 Å². The monoisotopic (exact) mass is 342 g/mol. The standard InChI is InChI=1S/C12H10N2O4S.2Na.H2O/c15-11-5-1-9(2-6-11)13-14-10-3-7-12(8-4-10)19(16,17)18;;;/h1-8,15H,(H,16,17,18);;;1H2. The summed E-state index contributed by atoms with van der Waals surface area (Å²) in [5.74, 6) is 0.136. The van der Waals surface area contributed by atoms with Crippen molar-refractivity contribution in [2.24, 2.45) is 10.2 Å². The van der Waals surface area contributed by atoms with E-state index in [-0.39, 0.29) is 75.2 Å². The quantitative estimate of drug-likeness (QED) is 0.496. The molecule has 0 fully saturated rings. The second-order valence-corrected chi connectivity index (χ2v) is 5.11. The molecule has 2 aromatic carbocycles. The van der Waals surface area contributed by atoms with E-state index in [1.807, 2.05) is 0 Å². The number of phenolic OH excluding ortho intramolecular Hbond substituents is 1. The molecule has 4 N–H and O–H groups in total. The van der Waals surface area contributed by atoms with Crippen LogP contribution in [0.25, 0.3) is 0 Å². The normalized spacial score (nSPS) is 10.2. The van der Waals surface area contributed by atoms with Gasteiger partial charge in [0.05, 0.1) is 16.3 Å². The first-order chi connectivity index (χ1) is 8.95. The molecule has 0 aliphatic rings. The first-order valence-electron chi connectivity index (χ1n) is 5.23. The van der Waals surface area contributed by atoms with Crippen molar-refractivity contribution in [1.82, 2.24) is 0 Å². The van der Waals surface area contributed by atoms with Crippen molar-refractivity contribution in [1.29, 1.82) is 0 Å². The summed E-state index contributed by atoms with van der Waals surface area (Å²) in [6, 6.07) is 11.5. The van der Waals surface area contributed by atoms with Crippen molar-refractivity contribution in [2.75, 3.05) is 0 Å². The minimum atomic E-state index is -4.19. The molecule has 0 saturated carbocycles. The summed E-state index contributed by atoms with van der Waals surface area (Å²) >= 11 is 0. The van der Waals surface area contributed by atoms with E-state index in [1.54, 1.807) is 12.1 Å². The molecule has 0 atom stereocenters. The van der Waals surface area contributed by atoms with Crippen LogP contribution in [-0.2, 0) is 10.1 Å². The van der Waals surface area contributed by atoms with E-state index in [0.717, 1.165) is 0 Å². The van der Waals surface area contributed by atoms with Gasteiger partial charge in [0.25, 0.3) is 10.1 Å². The number of nitrogens with zero attached hydrogens (tertiary/aromatic N) is 2. The summed E-state index contributed by atoms with van der Waals surface area (Å²) in [7, 11) is -4.19. The second kappa shape index (κ2) is 10.5. The van der Waals surface area contributed by atoms with Gasteiger partial charge in [0, 0.05) is 59.1 Å². The Labute approximate surface area is 172 Å². The van der Waals surface area contributed by atoms with Gasteiger partial charge in [0.2, 0.25) is 0 Å². The summed E-state index contributed by atoms with van der Waals surface area (Å²) in [6.45, 7) is 0. The molecule has 0 bridgehead atoms. The van der Waals surface area contributed by atoms with Gasteiger partial charge in [-0.05, 0) is 48.5 Å². The Balaban J connectivity index is 0. The first-order valence-corrected chi connectivity index (χ1v) is 6.67. The molecule has 2 rings (SSSR count). The molecular weight excluding hydrogens is 330 g/mol. The maximum Gasteiger partial charge on any atom is 0.294 e. The van der Waals surface area contributed by atoms with Crippen molar-refractivity contribution < 1.29 is 23.6 Å². The zero-order chi connectivity index (χ0) is 13.9. The van der Waals surface area contributed by atoms with Gasteiger partial charge < -0.3 is 10.6 Å². The van der Waals surface area contributed by atoms with Crippen LogP contribution in [0.4, 0.5) is 11.4 Å². The van der Waals surface area contributed by atoms with Gasteiger partial charge in [-0.3, -0.25) is 4.55 Å². The number of rotatable bonds is 3. The third-order valence-electron chi connectivity index (χ3n) is 2.27. The molecule has 0 aliphatic heterocycles. The zero-order valence-corrected chi connectivity index (χ0v) is 16.9. The van der Waals surface area contributed by atoms with Crippen LogP contribution < -0.4 is 0 Å². The van der Waals surface area contributed by atoms with Gasteiger partial charge in [0.1, 0.15) is 5.75 Å². The Hall–Kier alpha value is -0.290. The van der Waals surface area contributed by atoms with E-state index in [9.17, 15) is 8.42 Å². The average molecular weight is 342 g/mol. The van der Waals surface area contributed by atoms with Crippen molar-refractivity contribution in [2.45, 2.75) is 4.90 Å². The molecule has 0 amide bonds. The second-order valence-electron chi connectivity index (χ2n) is 3.69. The van der Waals surface area contributed by atoms with Crippen LogP contribution in [0.15, 0.2) is 63.7 Å². The summed E-state index contributed by atoms with van der Waals surface area (Å²) in [5.41, 5.74) is 0.997. The number of aromatic hydroxyl groups is 1. The van der Waals surface area contributed by atoms with Gasteiger partial charge in [-0.2, -0.15) is 18.6 Å². The number of phenols is 1. The van der Waals surface area contributed by atoms with Crippen LogP contribution >= 0.6 is 0 Å². The summed E-state index contributed by atoms with van der Waals surface area (Å²) < 4.78 is 30.5. The molecule has 0 unspecified atom stereocenters. The van der Waals surface area contributed by atoms with Crippen molar-refractivity contribution >= 4 is 80.6 Å². The van der Waals surface area contributed by atoms with E-state index in [2.05, 4.69) is 10.2 Å². The van der Waals surface area contributed by atoms with E-state index in [0.29, 0.717) is 11.4 Å². The minimum Gasteiger partial charge on any atom is -0.508 e. The molecule has 10 heteroatoms. The summed E-state index contributed by atoms with van der Waals surface area (Å²) in [4.78, 5) is -0.198. The number of hydrogen-bond donors (Lipinski definition) is 2. The van der Waals surface area contributed by atoms with Gasteiger partial charge in [-0.25, -0.2) is 0 Å². The molecule has 22 heavy (non-hydrogen) atoms. The Bertz CT molecular complexity index is 703. The molecule has 0 spiro atoms. The predicted molar refractivity (Wildman–Crippen MR) is 83.7 cm³/mol. The molecular formula is C12H12N2Na2O5S. The Morgan fingerprint density at radius 2 is 1.14 bits per heavy atom. The summed E-state index contributed by atoms with van der Waals surface area (Å²) in [5, 5.41) is 16.9. The third-order valence-corrected chi connectivity index (χ3v) is 3.13. The Morgan fingerprint density at radius 3 is 1.50 bits per heavy atom. The summed E-state index contributed by atoms with van der Waals surface area (Å²) in [6.07, 6.45) is 0. The fraction of sp³-hybridized carbons (Fsp3) is 0. The molecule has 2 radical (unpaired) electrons. The van der Waals surface area contributed by atoms with Crippen LogP contribution in [0.1, 0.15) is 0 Å². The topological polar surface area (TPSA) is 131 Å². The van der Waals surface area contributed by atoms with Crippen LogP contribution in [-0.4, -0.2) is 82.7 Å². The maximum atomic E-state index is 10.8. The molecule has 0 saturated heterocycles. The first kappa shape index (κ1) is 24.0. The van der Waals surface area contributed by atoms with Crippen LogP contribution in [0, 0.1) is 0 Å². The van der Waals surface area contributed by atoms with Crippen molar-refractivity contribution in [3.05, 3.63) is 48.5 Å². The molecule has 0 heterocycles. The van der Waals surface area contributed by atoms with Crippen molar-refractivity contribution in [3.8, 4) is 5.75 Å². The van der Waals surface area contributed by atoms with E-state index in [4.69, 9.17) is 9.66 Å².